The summed E-state index contributed by atoms with van der Waals surface area (Å²) in [6.07, 6.45) is 1.44. The predicted octanol–water partition coefficient (Wildman–Crippen LogP) is 2.18. The fraction of sp³-hybridized carbons (Fsp3) is 0.188. The van der Waals surface area contributed by atoms with Gasteiger partial charge in [0.05, 0.1) is 18.7 Å². The summed E-state index contributed by atoms with van der Waals surface area (Å²) in [5.74, 6) is -0.409. The number of carbonyl (C=O) groups is 2. The Balaban J connectivity index is 1.96. The van der Waals surface area contributed by atoms with Crippen molar-refractivity contribution in [2.24, 2.45) is 0 Å². The van der Waals surface area contributed by atoms with E-state index in [-0.39, 0.29) is 12.5 Å². The molecule has 1 aromatic carbocycles. The van der Waals surface area contributed by atoms with Crippen LogP contribution in [0.25, 0.3) is 0 Å². The average molecular weight is 334 g/mol. The predicted molar refractivity (Wildman–Crippen MR) is 87.1 cm³/mol. The number of halogens is 1. The van der Waals surface area contributed by atoms with Crippen molar-refractivity contribution in [1.29, 1.82) is 0 Å². The number of carbonyl (C=O) groups excluding carboxylic acids is 2. The summed E-state index contributed by atoms with van der Waals surface area (Å²) in [4.78, 5) is 27.8. The molecule has 23 heavy (non-hydrogen) atoms. The van der Waals surface area contributed by atoms with E-state index in [4.69, 9.17) is 16.3 Å². The van der Waals surface area contributed by atoms with Gasteiger partial charge >= 0.3 is 5.97 Å². The highest BCUT2D eigenvalue weighted by Gasteiger charge is 2.21. The highest BCUT2D eigenvalue weighted by atomic mass is 35.5. The Morgan fingerprint density at radius 3 is 2.57 bits per heavy atom. The summed E-state index contributed by atoms with van der Waals surface area (Å²) in [5.41, 5.74) is 0.719. The van der Waals surface area contributed by atoms with E-state index in [9.17, 15) is 9.59 Å². The number of hydrogen-bond acceptors (Lipinski definition) is 5. The van der Waals surface area contributed by atoms with Gasteiger partial charge in [0.2, 0.25) is 5.91 Å². The van der Waals surface area contributed by atoms with Crippen LogP contribution in [0.1, 0.15) is 11.6 Å². The third-order valence-electron chi connectivity index (χ3n) is 3.03. The fourth-order valence-corrected chi connectivity index (χ4v) is 2.04. The first-order valence-electron chi connectivity index (χ1n) is 6.87. The Kier molecular flexibility index (Phi) is 6.08. The molecule has 0 bridgehead atoms. The number of benzene rings is 1. The van der Waals surface area contributed by atoms with E-state index in [1.807, 2.05) is 18.2 Å². The number of amides is 1. The molecule has 0 aliphatic rings. The van der Waals surface area contributed by atoms with Crippen molar-refractivity contribution in [2.75, 3.05) is 19.0 Å². The first-order valence-corrected chi connectivity index (χ1v) is 7.25. The van der Waals surface area contributed by atoms with Gasteiger partial charge in [-0.25, -0.2) is 9.78 Å². The molecular weight excluding hydrogens is 318 g/mol. The van der Waals surface area contributed by atoms with Crippen LogP contribution in [0.4, 0.5) is 5.82 Å². The second-order valence-corrected chi connectivity index (χ2v) is 5.09. The topological polar surface area (TPSA) is 80.3 Å². The molecule has 1 heterocycles. The van der Waals surface area contributed by atoms with Crippen molar-refractivity contribution < 1.29 is 14.3 Å². The molecule has 7 heteroatoms. The van der Waals surface area contributed by atoms with Crippen LogP contribution in [-0.2, 0) is 14.3 Å². The van der Waals surface area contributed by atoms with Gasteiger partial charge in [-0.1, -0.05) is 41.9 Å². The summed E-state index contributed by atoms with van der Waals surface area (Å²) >= 11 is 5.73. The Hall–Kier alpha value is -2.44. The normalized spacial score (nSPS) is 11.6. The SMILES string of the molecule is COC(=O)C(NCC(=O)Nc1ccc(Cl)cn1)c1ccccc1. The molecule has 1 aromatic heterocycles. The Morgan fingerprint density at radius 1 is 1.22 bits per heavy atom. The zero-order valence-corrected chi connectivity index (χ0v) is 13.2. The molecule has 2 N–H and O–H groups in total. The number of ether oxygens (including phenoxy) is 1. The Bertz CT molecular complexity index is 662. The van der Waals surface area contributed by atoms with E-state index in [2.05, 4.69) is 15.6 Å². The lowest BCUT2D eigenvalue weighted by Crippen LogP contribution is -2.35. The molecule has 6 nitrogen and oxygen atoms in total. The molecule has 2 aromatic rings. The van der Waals surface area contributed by atoms with Gasteiger partial charge in [-0.05, 0) is 17.7 Å². The minimum absolute atomic E-state index is 0.0705. The highest BCUT2D eigenvalue weighted by Crippen LogP contribution is 2.14. The van der Waals surface area contributed by atoms with Crippen molar-refractivity contribution in [1.82, 2.24) is 10.3 Å². The monoisotopic (exact) mass is 333 g/mol. The number of pyridine rings is 1. The molecule has 1 atom stereocenters. The summed E-state index contributed by atoms with van der Waals surface area (Å²) in [5, 5.41) is 5.97. The number of esters is 1. The number of nitrogens with zero attached hydrogens (tertiary/aromatic N) is 1. The van der Waals surface area contributed by atoms with Gasteiger partial charge in [0.15, 0.2) is 0 Å². The second-order valence-electron chi connectivity index (χ2n) is 4.66. The maximum absolute atomic E-state index is 11.9. The van der Waals surface area contributed by atoms with Crippen LogP contribution in [0.2, 0.25) is 5.02 Å². The number of aromatic nitrogens is 1. The Labute approximate surface area is 138 Å². The molecule has 0 aliphatic heterocycles. The zero-order chi connectivity index (χ0) is 16.7. The molecular formula is C16H16ClN3O3. The van der Waals surface area contributed by atoms with Gasteiger partial charge < -0.3 is 10.1 Å². The lowest BCUT2D eigenvalue weighted by atomic mass is 10.1. The average Bonchev–Trinajstić information content (AvgIpc) is 2.58. The summed E-state index contributed by atoms with van der Waals surface area (Å²) < 4.78 is 4.77. The van der Waals surface area contributed by atoms with Gasteiger partial charge in [-0.15, -0.1) is 0 Å². The van der Waals surface area contributed by atoms with Gasteiger partial charge in [0, 0.05) is 6.20 Å². The fourth-order valence-electron chi connectivity index (χ4n) is 1.93. The van der Waals surface area contributed by atoms with E-state index in [1.54, 1.807) is 24.3 Å². The van der Waals surface area contributed by atoms with E-state index in [0.29, 0.717) is 10.8 Å². The number of nitrogens with one attached hydrogen (secondary N) is 2. The quantitative estimate of drug-likeness (QED) is 0.792. The second kappa shape index (κ2) is 8.26. The van der Waals surface area contributed by atoms with Crippen LogP contribution in [0.3, 0.4) is 0 Å². The maximum Gasteiger partial charge on any atom is 0.327 e. The standard InChI is InChI=1S/C16H16ClN3O3/c1-23-16(22)15(11-5-3-2-4-6-11)19-10-14(21)20-13-8-7-12(17)9-18-13/h2-9,15,19H,10H2,1H3,(H,18,20,21). The molecule has 0 spiro atoms. The van der Waals surface area contributed by atoms with E-state index in [0.717, 1.165) is 5.56 Å². The van der Waals surface area contributed by atoms with E-state index >= 15 is 0 Å². The van der Waals surface area contributed by atoms with Crippen LogP contribution in [0.15, 0.2) is 48.7 Å². The van der Waals surface area contributed by atoms with Crippen LogP contribution in [-0.4, -0.2) is 30.5 Å². The zero-order valence-electron chi connectivity index (χ0n) is 12.5. The van der Waals surface area contributed by atoms with Crippen molar-refractivity contribution in [3.8, 4) is 0 Å². The first kappa shape index (κ1) is 16.9. The molecule has 120 valence electrons. The molecule has 1 unspecified atom stereocenters. The number of rotatable bonds is 6. The molecule has 0 saturated heterocycles. The molecule has 0 radical (unpaired) electrons. The number of hydrogen-bond donors (Lipinski definition) is 2. The van der Waals surface area contributed by atoms with Gasteiger partial charge in [0.1, 0.15) is 11.9 Å². The van der Waals surface area contributed by atoms with Crippen LogP contribution >= 0.6 is 11.6 Å². The summed E-state index contributed by atoms with van der Waals surface area (Å²) in [6.45, 7) is -0.0705. The highest BCUT2D eigenvalue weighted by molar-refractivity contribution is 6.30. The summed E-state index contributed by atoms with van der Waals surface area (Å²) in [6, 6.07) is 11.5. The van der Waals surface area contributed by atoms with Crippen molar-refractivity contribution in [3.63, 3.8) is 0 Å². The van der Waals surface area contributed by atoms with E-state index in [1.165, 1.54) is 13.3 Å². The third-order valence-corrected chi connectivity index (χ3v) is 3.25. The van der Waals surface area contributed by atoms with Crippen molar-refractivity contribution in [3.05, 3.63) is 59.2 Å². The molecule has 2 rings (SSSR count). The lowest BCUT2D eigenvalue weighted by molar-refractivity contribution is -0.143. The number of methoxy groups -OCH3 is 1. The first-order chi connectivity index (χ1) is 11.1. The largest absolute Gasteiger partial charge is 0.468 e. The molecule has 1 amide bonds. The Morgan fingerprint density at radius 2 is 1.96 bits per heavy atom. The minimum Gasteiger partial charge on any atom is -0.468 e. The smallest absolute Gasteiger partial charge is 0.327 e. The van der Waals surface area contributed by atoms with Crippen LogP contribution in [0, 0.1) is 0 Å². The van der Waals surface area contributed by atoms with Gasteiger partial charge in [-0.2, -0.15) is 0 Å². The van der Waals surface area contributed by atoms with E-state index < -0.39 is 12.0 Å². The molecule has 0 aliphatic carbocycles. The molecule has 0 fully saturated rings. The van der Waals surface area contributed by atoms with Gasteiger partial charge in [-0.3, -0.25) is 10.1 Å². The lowest BCUT2D eigenvalue weighted by Gasteiger charge is -2.16. The van der Waals surface area contributed by atoms with Crippen molar-refractivity contribution in [2.45, 2.75) is 6.04 Å². The maximum atomic E-state index is 11.9. The number of anilines is 1. The van der Waals surface area contributed by atoms with Crippen LogP contribution in [0.5, 0.6) is 0 Å². The minimum atomic E-state index is -0.717. The summed E-state index contributed by atoms with van der Waals surface area (Å²) in [7, 11) is 1.30. The van der Waals surface area contributed by atoms with Crippen LogP contribution < -0.4 is 10.6 Å². The molecule has 0 saturated carbocycles. The van der Waals surface area contributed by atoms with Crippen molar-refractivity contribution >= 4 is 29.3 Å². The third kappa shape index (κ3) is 5.05. The van der Waals surface area contributed by atoms with Gasteiger partial charge in [0.25, 0.3) is 0 Å².